The quantitative estimate of drug-likeness (QED) is 0.564. The number of aromatic nitrogens is 1. The van der Waals surface area contributed by atoms with Gasteiger partial charge in [0.1, 0.15) is 5.82 Å². The summed E-state index contributed by atoms with van der Waals surface area (Å²) in [6.45, 7) is 2.29. The average Bonchev–Trinajstić information content (AvgIpc) is 3.02. The molecule has 4 unspecified atom stereocenters. The molecule has 2 aliphatic rings. The molecule has 4 N–H and O–H groups in total. The third-order valence-corrected chi connectivity index (χ3v) is 4.74. The van der Waals surface area contributed by atoms with Crippen molar-refractivity contribution in [1.82, 2.24) is 4.98 Å². The standard InChI is InChI=1S/C14H22N4/c1-9(13-7-10-2-3-11(13)6-10)17-14-5-4-12(18-15)8-16-14/h4-5,8-11,13,18H,2-3,6-7,15H2,1H3,(H,16,17). The first-order valence-electron chi connectivity index (χ1n) is 6.95. The molecule has 1 heterocycles. The van der Waals surface area contributed by atoms with E-state index in [-0.39, 0.29) is 0 Å². The lowest BCUT2D eigenvalue weighted by Crippen LogP contribution is -2.30. The summed E-state index contributed by atoms with van der Waals surface area (Å²) < 4.78 is 0. The topological polar surface area (TPSA) is 63.0 Å². The molecule has 0 aliphatic heterocycles. The largest absolute Gasteiger partial charge is 0.367 e. The van der Waals surface area contributed by atoms with Crippen LogP contribution in [0.4, 0.5) is 11.5 Å². The number of fused-ring (bicyclic) bond motifs is 2. The fourth-order valence-electron chi connectivity index (χ4n) is 3.81. The third kappa shape index (κ3) is 2.17. The SMILES string of the molecule is CC(Nc1ccc(NN)cn1)C1CC2CCC1C2. The van der Waals surface area contributed by atoms with Crippen LogP contribution in [0, 0.1) is 17.8 Å². The van der Waals surface area contributed by atoms with Gasteiger partial charge in [0.05, 0.1) is 11.9 Å². The Hall–Kier alpha value is -1.29. The molecule has 2 aliphatic carbocycles. The van der Waals surface area contributed by atoms with E-state index in [9.17, 15) is 0 Å². The first-order valence-corrected chi connectivity index (χ1v) is 6.95. The predicted molar refractivity (Wildman–Crippen MR) is 74.1 cm³/mol. The zero-order valence-corrected chi connectivity index (χ0v) is 10.9. The highest BCUT2D eigenvalue weighted by atomic mass is 15.2. The van der Waals surface area contributed by atoms with E-state index in [0.29, 0.717) is 6.04 Å². The Morgan fingerprint density at radius 3 is 2.78 bits per heavy atom. The molecule has 18 heavy (non-hydrogen) atoms. The highest BCUT2D eigenvalue weighted by molar-refractivity contribution is 5.46. The number of hydrazine groups is 1. The van der Waals surface area contributed by atoms with Gasteiger partial charge in [-0.05, 0) is 56.1 Å². The van der Waals surface area contributed by atoms with Gasteiger partial charge in [0.2, 0.25) is 0 Å². The molecule has 1 aromatic rings. The van der Waals surface area contributed by atoms with Crippen LogP contribution in [0.1, 0.15) is 32.6 Å². The van der Waals surface area contributed by atoms with Crippen LogP contribution in [0.5, 0.6) is 0 Å². The van der Waals surface area contributed by atoms with Crippen molar-refractivity contribution in [2.75, 3.05) is 10.7 Å². The van der Waals surface area contributed by atoms with Crippen molar-refractivity contribution >= 4 is 11.5 Å². The summed E-state index contributed by atoms with van der Waals surface area (Å²) in [7, 11) is 0. The normalized spacial score (nSPS) is 31.3. The zero-order valence-electron chi connectivity index (χ0n) is 10.9. The summed E-state index contributed by atoms with van der Waals surface area (Å²) >= 11 is 0. The van der Waals surface area contributed by atoms with Gasteiger partial charge in [0.25, 0.3) is 0 Å². The van der Waals surface area contributed by atoms with Crippen molar-refractivity contribution in [2.45, 2.75) is 38.6 Å². The lowest BCUT2D eigenvalue weighted by atomic mass is 9.84. The predicted octanol–water partition coefficient (Wildman–Crippen LogP) is 2.60. The lowest BCUT2D eigenvalue weighted by molar-refractivity contribution is 0.304. The van der Waals surface area contributed by atoms with Gasteiger partial charge in [-0.15, -0.1) is 0 Å². The molecule has 3 rings (SSSR count). The molecule has 0 spiro atoms. The molecule has 98 valence electrons. The number of pyridine rings is 1. The zero-order chi connectivity index (χ0) is 12.5. The minimum Gasteiger partial charge on any atom is -0.367 e. The molecule has 0 saturated heterocycles. The van der Waals surface area contributed by atoms with E-state index in [1.165, 1.54) is 25.7 Å². The van der Waals surface area contributed by atoms with Crippen LogP contribution < -0.4 is 16.6 Å². The summed E-state index contributed by atoms with van der Waals surface area (Å²) in [5, 5.41) is 3.54. The van der Waals surface area contributed by atoms with Crippen molar-refractivity contribution in [3.8, 4) is 0 Å². The second-order valence-electron chi connectivity index (χ2n) is 5.85. The number of nitrogens with zero attached hydrogens (tertiary/aromatic N) is 1. The third-order valence-electron chi connectivity index (χ3n) is 4.74. The van der Waals surface area contributed by atoms with E-state index in [4.69, 9.17) is 5.84 Å². The summed E-state index contributed by atoms with van der Waals surface area (Å²) in [5.74, 6) is 9.06. The Balaban J connectivity index is 1.61. The van der Waals surface area contributed by atoms with E-state index < -0.39 is 0 Å². The molecular weight excluding hydrogens is 224 g/mol. The van der Waals surface area contributed by atoms with Crippen LogP contribution in [0.25, 0.3) is 0 Å². The summed E-state index contributed by atoms with van der Waals surface area (Å²) in [6, 6.07) is 4.45. The number of hydrogen-bond donors (Lipinski definition) is 3. The van der Waals surface area contributed by atoms with E-state index in [2.05, 4.69) is 22.7 Å². The van der Waals surface area contributed by atoms with Crippen LogP contribution in [0.2, 0.25) is 0 Å². The Bertz CT molecular complexity index is 403. The molecule has 4 atom stereocenters. The Morgan fingerprint density at radius 1 is 1.33 bits per heavy atom. The van der Waals surface area contributed by atoms with Gasteiger partial charge >= 0.3 is 0 Å². The number of nitrogen functional groups attached to an aromatic ring is 1. The first kappa shape index (κ1) is 11.8. The van der Waals surface area contributed by atoms with Crippen molar-refractivity contribution in [3.63, 3.8) is 0 Å². The van der Waals surface area contributed by atoms with Gasteiger partial charge in [-0.2, -0.15) is 0 Å². The van der Waals surface area contributed by atoms with E-state index in [1.807, 2.05) is 12.1 Å². The molecule has 4 heteroatoms. The second-order valence-corrected chi connectivity index (χ2v) is 5.85. The van der Waals surface area contributed by atoms with E-state index in [1.54, 1.807) is 6.20 Å². The van der Waals surface area contributed by atoms with Gasteiger partial charge in [-0.25, -0.2) is 4.98 Å². The highest BCUT2D eigenvalue weighted by Crippen LogP contribution is 2.49. The number of nitrogens with two attached hydrogens (primary N) is 1. The average molecular weight is 246 g/mol. The van der Waals surface area contributed by atoms with Crippen molar-refractivity contribution in [1.29, 1.82) is 0 Å². The first-order chi connectivity index (χ1) is 8.76. The smallest absolute Gasteiger partial charge is 0.126 e. The summed E-state index contributed by atoms with van der Waals surface area (Å²) in [4.78, 5) is 4.37. The van der Waals surface area contributed by atoms with Crippen LogP contribution in [0.15, 0.2) is 18.3 Å². The molecule has 0 aromatic carbocycles. The molecule has 1 aromatic heterocycles. The maximum absolute atomic E-state index is 5.33. The number of nitrogens with one attached hydrogen (secondary N) is 2. The van der Waals surface area contributed by atoms with Gasteiger partial charge in [-0.1, -0.05) is 6.42 Å². The molecule has 2 saturated carbocycles. The van der Waals surface area contributed by atoms with Crippen LogP contribution >= 0.6 is 0 Å². The number of anilines is 2. The van der Waals surface area contributed by atoms with Crippen molar-refractivity contribution in [2.24, 2.45) is 23.6 Å². The maximum Gasteiger partial charge on any atom is 0.126 e. The molecular formula is C14H22N4. The Morgan fingerprint density at radius 2 is 2.22 bits per heavy atom. The van der Waals surface area contributed by atoms with Gasteiger partial charge in [0.15, 0.2) is 0 Å². The summed E-state index contributed by atoms with van der Waals surface area (Å²) in [5.41, 5.74) is 3.44. The molecule has 2 bridgehead atoms. The monoisotopic (exact) mass is 246 g/mol. The Labute approximate surface area is 108 Å². The minimum absolute atomic E-state index is 0.518. The van der Waals surface area contributed by atoms with Gasteiger partial charge < -0.3 is 10.7 Å². The fraction of sp³-hybridized carbons (Fsp3) is 0.643. The maximum atomic E-state index is 5.33. The van der Waals surface area contributed by atoms with Crippen molar-refractivity contribution < 1.29 is 0 Å². The second kappa shape index (κ2) is 4.76. The van der Waals surface area contributed by atoms with Crippen LogP contribution in [0.3, 0.4) is 0 Å². The fourth-order valence-corrected chi connectivity index (χ4v) is 3.81. The lowest BCUT2D eigenvalue weighted by Gasteiger charge is -2.28. The highest BCUT2D eigenvalue weighted by Gasteiger charge is 2.41. The number of hydrogen-bond acceptors (Lipinski definition) is 4. The van der Waals surface area contributed by atoms with Gasteiger partial charge in [0, 0.05) is 6.04 Å². The van der Waals surface area contributed by atoms with Crippen LogP contribution in [-0.4, -0.2) is 11.0 Å². The van der Waals surface area contributed by atoms with E-state index in [0.717, 1.165) is 29.3 Å². The number of rotatable bonds is 4. The molecule has 4 nitrogen and oxygen atoms in total. The summed E-state index contributed by atoms with van der Waals surface area (Å²) in [6.07, 6.45) is 7.52. The van der Waals surface area contributed by atoms with Crippen molar-refractivity contribution in [3.05, 3.63) is 18.3 Å². The molecule has 0 amide bonds. The minimum atomic E-state index is 0.518. The van der Waals surface area contributed by atoms with Crippen LogP contribution in [-0.2, 0) is 0 Å². The molecule has 0 radical (unpaired) electrons. The van der Waals surface area contributed by atoms with Gasteiger partial charge in [-0.3, -0.25) is 5.84 Å². The molecule has 2 fully saturated rings. The Kier molecular flexibility index (Phi) is 3.12. The van der Waals surface area contributed by atoms with E-state index >= 15 is 0 Å².